The topological polar surface area (TPSA) is 104 Å². The molecule has 1 fully saturated rings. The molecule has 0 amide bonds. The maximum absolute atomic E-state index is 6.15. The average molecular weight is 534 g/mol. The maximum Gasteiger partial charge on any atom is 0.228 e. The Morgan fingerprint density at radius 3 is 2.40 bits per heavy atom. The SMILES string of the molecule is CCN1CCN(c2nnc(Nc3ccc(Oc4ncccc4-c4ccnc(NC)n4)cc3)c3ccccc23)CC1. The first kappa shape index (κ1) is 25.4. The Kier molecular flexibility index (Phi) is 7.32. The molecule has 5 aromatic rings. The maximum atomic E-state index is 6.15. The highest BCUT2D eigenvalue weighted by molar-refractivity contribution is 5.99. The van der Waals surface area contributed by atoms with Crippen molar-refractivity contribution in [2.75, 3.05) is 55.3 Å². The fourth-order valence-corrected chi connectivity index (χ4v) is 4.84. The van der Waals surface area contributed by atoms with Gasteiger partial charge in [0.15, 0.2) is 11.6 Å². The van der Waals surface area contributed by atoms with Crippen molar-refractivity contribution in [3.8, 4) is 22.9 Å². The minimum absolute atomic E-state index is 0.469. The van der Waals surface area contributed by atoms with E-state index in [0.717, 1.165) is 72.1 Å². The number of benzene rings is 2. The van der Waals surface area contributed by atoms with Crippen LogP contribution in [0.25, 0.3) is 22.0 Å². The summed E-state index contributed by atoms with van der Waals surface area (Å²) in [4.78, 5) is 18.0. The molecule has 0 unspecified atom stereocenters. The molecule has 4 heterocycles. The van der Waals surface area contributed by atoms with E-state index < -0.39 is 0 Å². The second-order valence-electron chi connectivity index (χ2n) is 9.46. The third-order valence-electron chi connectivity index (χ3n) is 7.04. The van der Waals surface area contributed by atoms with Gasteiger partial charge < -0.3 is 25.2 Å². The Morgan fingerprint density at radius 1 is 0.825 bits per heavy atom. The Bertz CT molecular complexity index is 1600. The number of hydrogen-bond acceptors (Lipinski definition) is 10. The summed E-state index contributed by atoms with van der Waals surface area (Å²) in [6, 6.07) is 21.6. The molecule has 0 radical (unpaired) electrons. The lowest BCUT2D eigenvalue weighted by molar-refractivity contribution is 0.270. The molecule has 0 saturated carbocycles. The number of rotatable bonds is 8. The van der Waals surface area contributed by atoms with Gasteiger partial charge in [-0.3, -0.25) is 0 Å². The molecule has 1 aliphatic rings. The zero-order valence-electron chi connectivity index (χ0n) is 22.6. The average Bonchev–Trinajstić information content (AvgIpc) is 3.02. The van der Waals surface area contributed by atoms with E-state index >= 15 is 0 Å². The van der Waals surface area contributed by atoms with E-state index in [1.807, 2.05) is 48.5 Å². The number of ether oxygens (including phenoxy) is 1. The molecule has 0 spiro atoms. The number of aromatic nitrogens is 5. The van der Waals surface area contributed by atoms with Crippen LogP contribution in [0.15, 0.2) is 79.1 Å². The van der Waals surface area contributed by atoms with Gasteiger partial charge in [0.1, 0.15) is 5.75 Å². The summed E-state index contributed by atoms with van der Waals surface area (Å²) in [5, 5.41) is 17.8. The summed E-state index contributed by atoms with van der Waals surface area (Å²) < 4.78 is 6.15. The zero-order chi connectivity index (χ0) is 27.3. The van der Waals surface area contributed by atoms with Gasteiger partial charge in [0.25, 0.3) is 0 Å². The number of fused-ring (bicyclic) bond motifs is 1. The molecule has 2 aromatic carbocycles. The van der Waals surface area contributed by atoms with Gasteiger partial charge in [-0.25, -0.2) is 15.0 Å². The van der Waals surface area contributed by atoms with Crippen LogP contribution in [0.3, 0.4) is 0 Å². The molecule has 0 aliphatic carbocycles. The van der Waals surface area contributed by atoms with Crippen molar-refractivity contribution in [1.29, 1.82) is 0 Å². The number of anilines is 4. The number of likely N-dealkylation sites (N-methyl/N-ethyl adjacent to an activating group) is 1. The number of hydrogen-bond donors (Lipinski definition) is 2. The summed E-state index contributed by atoms with van der Waals surface area (Å²) in [6.07, 6.45) is 3.41. The standard InChI is InChI=1S/C30H31N9O/c1-3-38-17-19-39(20-18-38)28-24-8-5-4-7-23(24)27(36-37-28)34-21-10-12-22(13-11-21)40-29-25(9-6-15-32-29)26-14-16-33-30(31-2)35-26/h4-16H,3,17-20H2,1-2H3,(H,34,36)(H,31,33,35). The number of nitrogens with zero attached hydrogens (tertiary/aromatic N) is 7. The van der Waals surface area contributed by atoms with E-state index in [2.05, 4.69) is 70.7 Å². The van der Waals surface area contributed by atoms with Crippen LogP contribution in [0.5, 0.6) is 11.6 Å². The van der Waals surface area contributed by atoms with Crippen LogP contribution in [0.2, 0.25) is 0 Å². The molecule has 6 rings (SSSR count). The summed E-state index contributed by atoms with van der Waals surface area (Å²) in [5.74, 6) is 3.32. The van der Waals surface area contributed by atoms with Crippen molar-refractivity contribution in [3.05, 3.63) is 79.1 Å². The fourth-order valence-electron chi connectivity index (χ4n) is 4.84. The summed E-state index contributed by atoms with van der Waals surface area (Å²) in [5.41, 5.74) is 2.38. The highest BCUT2D eigenvalue weighted by Crippen LogP contribution is 2.33. The molecular weight excluding hydrogens is 502 g/mol. The van der Waals surface area contributed by atoms with Crippen LogP contribution in [0, 0.1) is 0 Å². The first-order valence-corrected chi connectivity index (χ1v) is 13.5. The molecule has 202 valence electrons. The quantitative estimate of drug-likeness (QED) is 0.276. The third-order valence-corrected chi connectivity index (χ3v) is 7.04. The van der Waals surface area contributed by atoms with Crippen LogP contribution in [-0.2, 0) is 0 Å². The van der Waals surface area contributed by atoms with Crippen LogP contribution < -0.4 is 20.3 Å². The monoisotopic (exact) mass is 533 g/mol. The minimum atomic E-state index is 0.469. The Morgan fingerprint density at radius 2 is 1.62 bits per heavy atom. The van der Waals surface area contributed by atoms with E-state index in [-0.39, 0.29) is 0 Å². The minimum Gasteiger partial charge on any atom is -0.438 e. The van der Waals surface area contributed by atoms with Gasteiger partial charge in [0.2, 0.25) is 11.8 Å². The van der Waals surface area contributed by atoms with E-state index in [9.17, 15) is 0 Å². The largest absolute Gasteiger partial charge is 0.438 e. The predicted octanol–water partition coefficient (Wildman–Crippen LogP) is 5.20. The molecule has 0 atom stereocenters. The highest BCUT2D eigenvalue weighted by Gasteiger charge is 2.20. The molecule has 10 nitrogen and oxygen atoms in total. The summed E-state index contributed by atoms with van der Waals surface area (Å²) >= 11 is 0. The van der Waals surface area contributed by atoms with Crippen LogP contribution in [0.4, 0.5) is 23.3 Å². The van der Waals surface area contributed by atoms with Crippen LogP contribution in [-0.4, -0.2) is 69.8 Å². The van der Waals surface area contributed by atoms with E-state index in [1.54, 1.807) is 19.4 Å². The Balaban J connectivity index is 1.20. The lowest BCUT2D eigenvalue weighted by atomic mass is 10.1. The van der Waals surface area contributed by atoms with Gasteiger partial charge in [0, 0.05) is 62.1 Å². The van der Waals surface area contributed by atoms with Crippen LogP contribution >= 0.6 is 0 Å². The van der Waals surface area contributed by atoms with E-state index in [4.69, 9.17) is 4.74 Å². The molecule has 0 bridgehead atoms. The number of piperazine rings is 1. The third kappa shape index (κ3) is 5.34. The van der Waals surface area contributed by atoms with Crippen molar-refractivity contribution in [1.82, 2.24) is 30.0 Å². The lowest BCUT2D eigenvalue weighted by Crippen LogP contribution is -2.46. The molecule has 3 aromatic heterocycles. The van der Waals surface area contributed by atoms with Gasteiger partial charge >= 0.3 is 0 Å². The first-order valence-electron chi connectivity index (χ1n) is 13.5. The van der Waals surface area contributed by atoms with Crippen molar-refractivity contribution in [3.63, 3.8) is 0 Å². The van der Waals surface area contributed by atoms with Gasteiger partial charge in [-0.2, -0.15) is 0 Å². The second-order valence-corrected chi connectivity index (χ2v) is 9.46. The zero-order valence-corrected chi connectivity index (χ0v) is 22.6. The van der Waals surface area contributed by atoms with Gasteiger partial charge in [-0.05, 0) is 49.0 Å². The van der Waals surface area contributed by atoms with Gasteiger partial charge in [0.05, 0.1) is 11.3 Å². The van der Waals surface area contributed by atoms with E-state index in [0.29, 0.717) is 17.6 Å². The van der Waals surface area contributed by atoms with Crippen molar-refractivity contribution in [2.45, 2.75) is 6.92 Å². The smallest absolute Gasteiger partial charge is 0.228 e. The normalized spacial score (nSPS) is 13.8. The van der Waals surface area contributed by atoms with Crippen LogP contribution in [0.1, 0.15) is 6.92 Å². The lowest BCUT2D eigenvalue weighted by Gasteiger charge is -2.35. The molecule has 10 heteroatoms. The van der Waals surface area contributed by atoms with Gasteiger partial charge in [-0.15, -0.1) is 10.2 Å². The molecular formula is C30H31N9O. The molecule has 1 saturated heterocycles. The van der Waals surface area contributed by atoms with Crippen molar-refractivity contribution >= 4 is 34.0 Å². The second kappa shape index (κ2) is 11.5. The van der Waals surface area contributed by atoms with Gasteiger partial charge in [-0.1, -0.05) is 31.2 Å². The highest BCUT2D eigenvalue weighted by atomic mass is 16.5. The van der Waals surface area contributed by atoms with E-state index in [1.165, 1.54) is 0 Å². The first-order chi connectivity index (χ1) is 19.7. The van der Waals surface area contributed by atoms with Crippen molar-refractivity contribution < 1.29 is 4.74 Å². The molecule has 2 N–H and O–H groups in total. The number of pyridine rings is 1. The number of nitrogens with one attached hydrogen (secondary N) is 2. The fraction of sp³-hybridized carbons (Fsp3) is 0.233. The predicted molar refractivity (Wildman–Crippen MR) is 158 cm³/mol. The Labute approximate surface area is 233 Å². The summed E-state index contributed by atoms with van der Waals surface area (Å²) in [6.45, 7) is 7.27. The summed E-state index contributed by atoms with van der Waals surface area (Å²) in [7, 11) is 1.78. The molecule has 1 aliphatic heterocycles. The molecule has 40 heavy (non-hydrogen) atoms. The van der Waals surface area contributed by atoms with Crippen molar-refractivity contribution in [2.24, 2.45) is 0 Å². The Hall–Kier alpha value is -4.83.